The summed E-state index contributed by atoms with van der Waals surface area (Å²) in [4.78, 5) is 12.6. The standard InChI is InChI=1S/C21H25F3N2O4S/c1-11(14-7-5-6-8-15(14)21(22,23)24)13(3)30-20(28)12(2)26-19(31)17-18(27)16(29-4)9-10-25-17/h5-9,11-13,25,27H,10H2,1-4H3,(H,26,31)/t11-,12+,13+/m1/s1. The molecular weight excluding hydrogens is 433 g/mol. The van der Waals surface area contributed by atoms with Crippen molar-refractivity contribution in [1.29, 1.82) is 0 Å². The molecule has 170 valence electrons. The van der Waals surface area contributed by atoms with Crippen LogP contribution in [0.25, 0.3) is 0 Å². The summed E-state index contributed by atoms with van der Waals surface area (Å²) in [6.45, 7) is 4.98. The highest BCUT2D eigenvalue weighted by Crippen LogP contribution is 2.36. The van der Waals surface area contributed by atoms with E-state index in [1.165, 1.54) is 39.2 Å². The van der Waals surface area contributed by atoms with Crippen LogP contribution in [0, 0.1) is 0 Å². The van der Waals surface area contributed by atoms with Gasteiger partial charge in [-0.15, -0.1) is 0 Å². The summed E-state index contributed by atoms with van der Waals surface area (Å²) in [5.74, 6) is -1.33. The number of halogens is 3. The number of esters is 1. The van der Waals surface area contributed by atoms with Crippen molar-refractivity contribution in [2.75, 3.05) is 13.7 Å². The number of carbonyl (C=O) groups excluding carboxylic acids is 1. The van der Waals surface area contributed by atoms with Gasteiger partial charge in [-0.25, -0.2) is 4.79 Å². The lowest BCUT2D eigenvalue weighted by Gasteiger charge is -2.26. The minimum atomic E-state index is -4.51. The molecule has 0 aromatic heterocycles. The molecule has 3 N–H and O–H groups in total. The van der Waals surface area contributed by atoms with Crippen LogP contribution in [-0.2, 0) is 20.4 Å². The zero-order chi connectivity index (χ0) is 23.3. The molecule has 6 nitrogen and oxygen atoms in total. The normalized spacial score (nSPS) is 17.1. The number of thiocarbonyl (C=S) groups is 1. The first-order chi connectivity index (χ1) is 14.5. The lowest BCUT2D eigenvalue weighted by Crippen LogP contribution is -2.44. The summed E-state index contributed by atoms with van der Waals surface area (Å²) in [6.07, 6.45) is -3.70. The van der Waals surface area contributed by atoms with Crippen LogP contribution in [0.15, 0.2) is 47.6 Å². The van der Waals surface area contributed by atoms with Gasteiger partial charge in [-0.05, 0) is 31.6 Å². The van der Waals surface area contributed by atoms with Gasteiger partial charge in [-0.1, -0.05) is 37.3 Å². The first-order valence-corrected chi connectivity index (χ1v) is 9.97. The third kappa shape index (κ3) is 5.90. The predicted octanol–water partition coefficient (Wildman–Crippen LogP) is 3.95. The number of alkyl halides is 3. The molecule has 10 heteroatoms. The molecule has 1 heterocycles. The van der Waals surface area contributed by atoms with Crippen molar-refractivity contribution in [2.45, 2.75) is 45.0 Å². The van der Waals surface area contributed by atoms with Crippen LogP contribution in [0.5, 0.6) is 0 Å². The summed E-state index contributed by atoms with van der Waals surface area (Å²) in [7, 11) is 1.40. The maximum atomic E-state index is 13.3. The molecule has 2 rings (SSSR count). The van der Waals surface area contributed by atoms with Gasteiger partial charge < -0.3 is 25.2 Å². The van der Waals surface area contributed by atoms with E-state index in [9.17, 15) is 23.1 Å². The zero-order valence-corrected chi connectivity index (χ0v) is 18.4. The fraction of sp³-hybridized carbons (Fsp3) is 0.429. The lowest BCUT2D eigenvalue weighted by molar-refractivity contribution is -0.151. The number of aliphatic hydroxyl groups is 1. The van der Waals surface area contributed by atoms with Gasteiger partial charge in [0.05, 0.1) is 12.7 Å². The summed E-state index contributed by atoms with van der Waals surface area (Å²) in [5.41, 5.74) is -0.508. The zero-order valence-electron chi connectivity index (χ0n) is 17.5. The third-order valence-electron chi connectivity index (χ3n) is 4.95. The van der Waals surface area contributed by atoms with Gasteiger partial charge in [0.2, 0.25) is 0 Å². The van der Waals surface area contributed by atoms with Gasteiger partial charge in [0.25, 0.3) is 0 Å². The van der Waals surface area contributed by atoms with Gasteiger partial charge >= 0.3 is 12.1 Å². The van der Waals surface area contributed by atoms with Crippen LogP contribution >= 0.6 is 12.2 Å². The van der Waals surface area contributed by atoms with Crippen LogP contribution < -0.4 is 10.6 Å². The van der Waals surface area contributed by atoms with E-state index in [4.69, 9.17) is 21.7 Å². The molecule has 0 bridgehead atoms. The Morgan fingerprint density at radius 1 is 1.26 bits per heavy atom. The topological polar surface area (TPSA) is 79.8 Å². The molecule has 1 aromatic rings. The summed E-state index contributed by atoms with van der Waals surface area (Å²) >= 11 is 5.24. The largest absolute Gasteiger partial charge is 0.503 e. The Hall–Kier alpha value is -2.75. The Bertz CT molecular complexity index is 899. The average Bonchev–Trinajstić information content (AvgIpc) is 2.72. The van der Waals surface area contributed by atoms with E-state index in [0.717, 1.165) is 6.07 Å². The maximum Gasteiger partial charge on any atom is 0.416 e. The van der Waals surface area contributed by atoms with Crippen molar-refractivity contribution in [3.63, 3.8) is 0 Å². The Morgan fingerprint density at radius 3 is 2.52 bits per heavy atom. The number of hydrogen-bond donors (Lipinski definition) is 3. The number of nitrogens with one attached hydrogen (secondary N) is 2. The Labute approximate surface area is 184 Å². The number of ether oxygens (including phenoxy) is 2. The quantitative estimate of drug-likeness (QED) is 0.422. The minimum Gasteiger partial charge on any atom is -0.503 e. The number of dihydropyridines is 1. The summed E-state index contributed by atoms with van der Waals surface area (Å²) in [6, 6.07) is 4.30. The van der Waals surface area contributed by atoms with Gasteiger partial charge in [-0.2, -0.15) is 13.2 Å². The smallest absolute Gasteiger partial charge is 0.416 e. The predicted molar refractivity (Wildman–Crippen MR) is 113 cm³/mol. The number of aliphatic hydroxyl groups excluding tert-OH is 1. The first kappa shape index (κ1) is 24.5. The molecular formula is C21H25F3N2O4S. The molecule has 0 saturated carbocycles. The molecule has 0 radical (unpaired) electrons. The van der Waals surface area contributed by atoms with Crippen molar-refractivity contribution < 1.29 is 32.5 Å². The van der Waals surface area contributed by atoms with Crippen LogP contribution in [0.4, 0.5) is 13.2 Å². The fourth-order valence-corrected chi connectivity index (χ4v) is 3.38. The van der Waals surface area contributed by atoms with Gasteiger partial charge in [-0.3, -0.25) is 0 Å². The Morgan fingerprint density at radius 2 is 1.90 bits per heavy atom. The highest BCUT2D eigenvalue weighted by Gasteiger charge is 2.36. The molecule has 0 fully saturated rings. The van der Waals surface area contributed by atoms with Crippen LogP contribution in [0.3, 0.4) is 0 Å². The summed E-state index contributed by atoms with van der Waals surface area (Å²) < 4.78 is 50.3. The summed E-state index contributed by atoms with van der Waals surface area (Å²) in [5, 5.41) is 15.8. The van der Waals surface area contributed by atoms with Crippen LogP contribution in [-0.4, -0.2) is 41.9 Å². The van der Waals surface area contributed by atoms with E-state index in [1.807, 2.05) is 0 Å². The molecule has 3 atom stereocenters. The lowest BCUT2D eigenvalue weighted by atomic mass is 9.91. The molecule has 0 spiro atoms. The van der Waals surface area contributed by atoms with E-state index in [0.29, 0.717) is 6.54 Å². The molecule has 0 unspecified atom stereocenters. The molecule has 1 aliphatic heterocycles. The molecule has 1 aliphatic rings. The van der Waals surface area contributed by atoms with Crippen molar-refractivity contribution in [3.05, 3.63) is 58.7 Å². The average molecular weight is 459 g/mol. The second kappa shape index (κ2) is 10.0. The van der Waals surface area contributed by atoms with E-state index < -0.39 is 35.8 Å². The van der Waals surface area contributed by atoms with Gasteiger partial charge in [0.15, 0.2) is 11.5 Å². The monoisotopic (exact) mass is 458 g/mol. The van der Waals surface area contributed by atoms with Crippen molar-refractivity contribution in [1.82, 2.24) is 10.6 Å². The van der Waals surface area contributed by atoms with Crippen molar-refractivity contribution in [3.8, 4) is 0 Å². The molecule has 0 saturated heterocycles. The SMILES string of the molecule is COC1=CCNC(C(=S)N[C@@H](C)C(=O)O[C@@H](C)[C@@H](C)c2ccccc2C(F)(F)F)=C1O. The number of hydrogen-bond acceptors (Lipinski definition) is 6. The minimum absolute atomic E-state index is 0.0480. The highest BCUT2D eigenvalue weighted by molar-refractivity contribution is 7.80. The number of benzene rings is 1. The molecule has 0 amide bonds. The van der Waals surface area contributed by atoms with E-state index in [1.54, 1.807) is 13.0 Å². The first-order valence-electron chi connectivity index (χ1n) is 9.56. The van der Waals surface area contributed by atoms with E-state index in [-0.39, 0.29) is 27.8 Å². The van der Waals surface area contributed by atoms with Crippen LogP contribution in [0.2, 0.25) is 0 Å². The number of rotatable bonds is 7. The second-order valence-corrected chi connectivity index (χ2v) is 7.50. The van der Waals surface area contributed by atoms with Crippen molar-refractivity contribution >= 4 is 23.2 Å². The van der Waals surface area contributed by atoms with Gasteiger partial charge in [0.1, 0.15) is 22.8 Å². The van der Waals surface area contributed by atoms with Crippen molar-refractivity contribution in [2.24, 2.45) is 0 Å². The third-order valence-corrected chi connectivity index (χ3v) is 5.27. The van der Waals surface area contributed by atoms with E-state index >= 15 is 0 Å². The molecule has 0 aliphatic carbocycles. The molecule has 1 aromatic carbocycles. The highest BCUT2D eigenvalue weighted by atomic mass is 32.1. The second-order valence-electron chi connectivity index (χ2n) is 7.09. The Balaban J connectivity index is 2.05. The molecule has 31 heavy (non-hydrogen) atoms. The fourth-order valence-electron chi connectivity index (χ4n) is 3.04. The maximum absolute atomic E-state index is 13.3. The number of methoxy groups -OCH3 is 1. The number of carbonyl (C=O) groups is 1. The van der Waals surface area contributed by atoms with Crippen LogP contribution in [0.1, 0.15) is 37.8 Å². The Kier molecular flexibility index (Phi) is 7.94. The van der Waals surface area contributed by atoms with E-state index in [2.05, 4.69) is 10.6 Å². The van der Waals surface area contributed by atoms with Gasteiger partial charge in [0, 0.05) is 12.5 Å².